The number of piperidine rings is 2. The summed E-state index contributed by atoms with van der Waals surface area (Å²) in [6.45, 7) is 13.4. The Labute approximate surface area is 486 Å². The molecule has 2 amide bonds. The fraction of sp³-hybridized carbons (Fsp3) is 0.525. The summed E-state index contributed by atoms with van der Waals surface area (Å²) in [6, 6.07) is 16.3. The highest BCUT2D eigenvalue weighted by molar-refractivity contribution is 7.13. The number of thiazole rings is 1. The number of aromatic hydroxyl groups is 1. The molecule has 6 fully saturated rings. The van der Waals surface area contributed by atoms with E-state index in [9.17, 15) is 19.8 Å². The summed E-state index contributed by atoms with van der Waals surface area (Å²) in [4.78, 5) is 48.4. The summed E-state index contributed by atoms with van der Waals surface area (Å²) in [7, 11) is 0. The van der Waals surface area contributed by atoms with Gasteiger partial charge in [-0.3, -0.25) is 9.59 Å². The van der Waals surface area contributed by atoms with Crippen molar-refractivity contribution < 1.29 is 42.6 Å². The standard InChI is InChI=1S/C61H74F2N12O7S/c1-34(2)56(61(79)74-32-42(76)24-51(74)60(78)67-35(3)38-21-47(62)57(48(63)22-38)58-36(4)66-33-83-58)53-28-54(70-82-53)72-19-12-37(13-20-72)29-71-17-14-43(15-18-71)80-44-25-45(26-44)81-55-23-39(11-16-65-55)75-40-9-10-41(75)31-73(30-40)50-27-49(68-69-59(50)64)46-7-5-6-8-52(46)77/h5-8,11,16,21-23,27-28,33-35,37,40-45,51,56,76-77H,9-10,12-15,17-20,24-26,29-32H2,1-4H3,(H2,64,69)(H,67,78)/t35-,40+,41?,42+,44?,45?,51-,56+/m0/s1. The van der Waals surface area contributed by atoms with Gasteiger partial charge in [0, 0.05) is 113 Å². The van der Waals surface area contributed by atoms with Crippen LogP contribution in [0.3, 0.4) is 0 Å². The number of aliphatic hydroxyl groups is 1. The molecule has 6 aliphatic rings. The van der Waals surface area contributed by atoms with Crippen molar-refractivity contribution in [3.63, 3.8) is 0 Å². The number of phenolic OH excluding ortho intramolecular Hbond substituents is 1. The number of carbonyl (C=O) groups excluding carboxylic acids is 2. The van der Waals surface area contributed by atoms with Crippen molar-refractivity contribution in [3.05, 3.63) is 101 Å². The maximum atomic E-state index is 15.3. The van der Waals surface area contributed by atoms with Crippen LogP contribution in [0.5, 0.6) is 11.6 Å². The van der Waals surface area contributed by atoms with Crippen molar-refractivity contribution in [1.82, 2.24) is 40.4 Å². The van der Waals surface area contributed by atoms with Gasteiger partial charge in [0.2, 0.25) is 17.7 Å². The van der Waals surface area contributed by atoms with Gasteiger partial charge in [0.1, 0.15) is 35.4 Å². The number of halogens is 2. The fourth-order valence-corrected chi connectivity index (χ4v) is 14.4. The Hall–Kier alpha value is -7.01. The number of piperazine rings is 1. The Morgan fingerprint density at radius 3 is 2.29 bits per heavy atom. The zero-order valence-electron chi connectivity index (χ0n) is 47.4. The lowest BCUT2D eigenvalue weighted by atomic mass is 9.91. The van der Waals surface area contributed by atoms with E-state index in [4.69, 9.17) is 19.7 Å². The van der Waals surface area contributed by atoms with Crippen molar-refractivity contribution in [1.29, 1.82) is 0 Å². The zero-order valence-corrected chi connectivity index (χ0v) is 48.3. The molecule has 1 aliphatic carbocycles. The highest BCUT2D eigenvalue weighted by Gasteiger charge is 2.45. The number of hydrogen-bond donors (Lipinski definition) is 4. The highest BCUT2D eigenvalue weighted by atomic mass is 32.1. The van der Waals surface area contributed by atoms with Gasteiger partial charge in [0.15, 0.2) is 17.4 Å². The summed E-state index contributed by atoms with van der Waals surface area (Å²) in [5, 5.41) is 37.1. The molecule has 2 bridgehead atoms. The SMILES string of the molecule is Cc1ncsc1-c1c(F)cc([C@H](C)NC(=O)[C@@H]2C[C@@H](O)CN2C(=O)[C@@H](c2cc(N3CCC(CN4CCC(OC5CC(Oc6cc(N7C8CC[C@@H]7CN(c7cc(-c9ccccc9O)nnc7N)C8)ccn6)C5)CC4)CC3)no2)C(C)C)cc1F. The van der Waals surface area contributed by atoms with Gasteiger partial charge in [0.05, 0.1) is 57.4 Å². The molecule has 2 aromatic carbocycles. The molecule has 5 saturated heterocycles. The van der Waals surface area contributed by atoms with Crippen LogP contribution in [0.25, 0.3) is 21.7 Å². The van der Waals surface area contributed by atoms with E-state index >= 15 is 8.78 Å². The first-order valence-corrected chi connectivity index (χ1v) is 30.3. The van der Waals surface area contributed by atoms with Gasteiger partial charge < -0.3 is 59.8 Å². The number of nitrogens with two attached hydrogens (primary N) is 1. The van der Waals surface area contributed by atoms with Crippen LogP contribution in [0.4, 0.5) is 31.8 Å². The van der Waals surface area contributed by atoms with Gasteiger partial charge in [-0.1, -0.05) is 31.1 Å². The van der Waals surface area contributed by atoms with E-state index in [1.807, 2.05) is 44.3 Å². The molecule has 5 aliphatic heterocycles. The number of nitrogens with zero attached hydrogens (tertiary/aromatic N) is 10. The molecule has 83 heavy (non-hydrogen) atoms. The normalized spacial score (nSPS) is 24.1. The van der Waals surface area contributed by atoms with Gasteiger partial charge in [-0.25, -0.2) is 18.7 Å². The number of pyridine rings is 1. The lowest BCUT2D eigenvalue weighted by Crippen LogP contribution is -2.54. The molecular weight excluding hydrogens is 1080 g/mol. The maximum absolute atomic E-state index is 15.3. The number of ether oxygens (including phenoxy) is 2. The largest absolute Gasteiger partial charge is 0.507 e. The number of hydrogen-bond acceptors (Lipinski definition) is 18. The number of fused-ring (bicyclic) bond motifs is 2. The Balaban J connectivity index is 0.569. The minimum Gasteiger partial charge on any atom is -0.507 e. The number of rotatable bonds is 17. The molecule has 4 aromatic heterocycles. The molecule has 6 aromatic rings. The predicted octanol–water partition coefficient (Wildman–Crippen LogP) is 8.27. The summed E-state index contributed by atoms with van der Waals surface area (Å²) in [6.07, 6.45) is 9.30. The van der Waals surface area contributed by atoms with E-state index < -0.39 is 41.6 Å². The average Bonchev–Trinajstić information content (AvgIpc) is 4.49. The van der Waals surface area contributed by atoms with E-state index in [-0.39, 0.29) is 72.1 Å². The third-order valence-electron chi connectivity index (χ3n) is 18.0. The van der Waals surface area contributed by atoms with Gasteiger partial charge in [-0.05, 0) is 106 Å². The molecule has 12 rings (SSSR count). The van der Waals surface area contributed by atoms with Gasteiger partial charge in [0.25, 0.3) is 0 Å². The van der Waals surface area contributed by atoms with E-state index in [1.165, 1.54) is 22.5 Å². The van der Waals surface area contributed by atoms with E-state index in [1.54, 1.807) is 26.0 Å². The number of nitrogen functional groups attached to an aromatic ring is 1. The van der Waals surface area contributed by atoms with Gasteiger partial charge in [-0.2, -0.15) is 0 Å². The van der Waals surface area contributed by atoms with Gasteiger partial charge >= 0.3 is 0 Å². The third kappa shape index (κ3) is 11.9. The van der Waals surface area contributed by atoms with Crippen molar-refractivity contribution >= 4 is 46.2 Å². The second-order valence-electron chi connectivity index (χ2n) is 24.0. The fourth-order valence-electron chi connectivity index (χ4n) is 13.5. The number of phenols is 1. The van der Waals surface area contributed by atoms with Crippen molar-refractivity contribution in [2.24, 2.45) is 11.8 Å². The van der Waals surface area contributed by atoms with Crippen molar-refractivity contribution in [2.45, 2.75) is 140 Å². The zero-order chi connectivity index (χ0) is 57.6. The topological polar surface area (TPSA) is 225 Å². The van der Waals surface area contributed by atoms with Crippen LogP contribution in [0.1, 0.15) is 108 Å². The summed E-state index contributed by atoms with van der Waals surface area (Å²) >= 11 is 1.15. The van der Waals surface area contributed by atoms with Crippen LogP contribution in [0.15, 0.2) is 76.9 Å². The monoisotopic (exact) mass is 1160 g/mol. The number of carbonyl (C=O) groups is 2. The Kier molecular flexibility index (Phi) is 16.3. The van der Waals surface area contributed by atoms with Crippen LogP contribution in [-0.4, -0.2) is 152 Å². The molecular formula is C61H74F2N12O7S. The second-order valence-corrected chi connectivity index (χ2v) is 24.9. The molecule has 22 heteroatoms. The number of aromatic nitrogens is 5. The second kappa shape index (κ2) is 23.9. The van der Waals surface area contributed by atoms with E-state index in [2.05, 4.69) is 62.4 Å². The molecule has 0 spiro atoms. The van der Waals surface area contributed by atoms with E-state index in [0.29, 0.717) is 51.0 Å². The predicted molar refractivity (Wildman–Crippen MR) is 311 cm³/mol. The molecule has 440 valence electrons. The van der Waals surface area contributed by atoms with Crippen molar-refractivity contribution in [3.8, 4) is 33.3 Å². The van der Waals surface area contributed by atoms with Crippen LogP contribution in [0, 0.1) is 30.4 Å². The first-order chi connectivity index (χ1) is 40.1. The quantitative estimate of drug-likeness (QED) is 0.0674. The smallest absolute Gasteiger partial charge is 0.243 e. The first kappa shape index (κ1) is 56.5. The number of aryl methyl sites for hydroxylation is 1. The summed E-state index contributed by atoms with van der Waals surface area (Å²) in [5.41, 5.74) is 11.7. The third-order valence-corrected chi connectivity index (χ3v) is 19.0. The number of para-hydroxylation sites is 1. The van der Waals surface area contributed by atoms with Crippen LogP contribution in [0.2, 0.25) is 0 Å². The molecule has 1 saturated carbocycles. The molecule has 6 atom stereocenters. The first-order valence-electron chi connectivity index (χ1n) is 29.5. The summed E-state index contributed by atoms with van der Waals surface area (Å²) in [5.74, 6) is -0.563. The minimum absolute atomic E-state index is 0.0238. The number of benzene rings is 2. The summed E-state index contributed by atoms with van der Waals surface area (Å²) < 4.78 is 49.6. The van der Waals surface area contributed by atoms with Crippen molar-refractivity contribution in [2.75, 3.05) is 72.8 Å². The average molecular weight is 1160 g/mol. The van der Waals surface area contributed by atoms with Crippen LogP contribution < -0.4 is 30.5 Å². The lowest BCUT2D eigenvalue weighted by molar-refractivity contribution is -0.141. The number of nitrogens with one attached hydrogen (secondary N) is 1. The van der Waals surface area contributed by atoms with Crippen LogP contribution >= 0.6 is 11.3 Å². The van der Waals surface area contributed by atoms with E-state index in [0.717, 1.165) is 120 Å². The highest BCUT2D eigenvalue weighted by Crippen LogP contribution is 2.42. The maximum Gasteiger partial charge on any atom is 0.243 e. The molecule has 9 heterocycles. The number of anilines is 4. The molecule has 0 radical (unpaired) electrons. The Morgan fingerprint density at radius 2 is 1.59 bits per heavy atom. The Bertz CT molecular complexity index is 3250. The van der Waals surface area contributed by atoms with Crippen LogP contribution in [-0.2, 0) is 14.3 Å². The van der Waals surface area contributed by atoms with Gasteiger partial charge in [-0.15, -0.1) is 21.5 Å². The number of aliphatic hydroxyl groups excluding tert-OH is 1. The Morgan fingerprint density at radius 1 is 0.855 bits per heavy atom. The lowest BCUT2D eigenvalue weighted by Gasteiger charge is -2.43. The molecule has 19 nitrogen and oxygen atoms in total. The number of likely N-dealkylation sites (tertiary alicyclic amines) is 2. The molecule has 1 unspecified atom stereocenters. The minimum atomic E-state index is -0.995. The number of amides is 2. The number of β-amino-alcohol motifs (C(OH)–C–C–N with tert-alkyl or cyclic N) is 1. The molecule has 5 N–H and O–H groups in total.